The minimum absolute atomic E-state index is 0.147. The Bertz CT molecular complexity index is 1160. The van der Waals surface area contributed by atoms with Gasteiger partial charge in [0.2, 0.25) is 0 Å². The Hall–Kier alpha value is -4.07. The van der Waals surface area contributed by atoms with E-state index in [0.717, 1.165) is 16.0 Å². The quantitative estimate of drug-likeness (QED) is 0.445. The molecule has 0 saturated heterocycles. The molecule has 0 saturated carbocycles. The zero-order valence-corrected chi connectivity index (χ0v) is 17.8. The number of aryl methyl sites for hydroxylation is 2. The maximum atomic E-state index is 14.2. The highest BCUT2D eigenvalue weighted by atomic mass is 19.1. The fourth-order valence-electron chi connectivity index (χ4n) is 3.47. The van der Waals surface area contributed by atoms with Gasteiger partial charge in [0, 0.05) is 24.9 Å². The van der Waals surface area contributed by atoms with E-state index in [2.05, 4.69) is 5.32 Å². The fraction of sp³-hybridized carbons (Fsp3) is 0.167. The molecule has 2 amide bonds. The molecule has 32 heavy (non-hydrogen) atoms. The summed E-state index contributed by atoms with van der Waals surface area (Å²) in [6.45, 7) is 3.69. The Balaban J connectivity index is 2.02. The molecule has 0 fully saturated rings. The Kier molecular flexibility index (Phi) is 6.63. The van der Waals surface area contributed by atoms with Crippen LogP contribution in [0.25, 0.3) is 0 Å². The lowest BCUT2D eigenvalue weighted by atomic mass is 10.0. The van der Waals surface area contributed by atoms with E-state index in [4.69, 9.17) is 0 Å². The van der Waals surface area contributed by atoms with Crippen LogP contribution in [0.1, 0.15) is 33.1 Å². The number of nitro benzene ring substituents is 1. The molecule has 3 aromatic carbocycles. The molecule has 164 valence electrons. The average molecular weight is 435 g/mol. The summed E-state index contributed by atoms with van der Waals surface area (Å²) >= 11 is 0. The fourth-order valence-corrected chi connectivity index (χ4v) is 3.47. The molecular formula is C24H22FN3O4. The Labute approximate surface area is 184 Å². The van der Waals surface area contributed by atoms with Crippen molar-refractivity contribution in [1.29, 1.82) is 0 Å². The molecule has 8 heteroatoms. The van der Waals surface area contributed by atoms with Gasteiger partial charge in [-0.15, -0.1) is 0 Å². The maximum Gasteiger partial charge on any atom is 0.269 e. The van der Waals surface area contributed by atoms with Gasteiger partial charge in [0.25, 0.3) is 17.5 Å². The van der Waals surface area contributed by atoms with Crippen LogP contribution in [-0.4, -0.2) is 28.7 Å². The van der Waals surface area contributed by atoms with Gasteiger partial charge >= 0.3 is 0 Å². The van der Waals surface area contributed by atoms with Crippen molar-refractivity contribution in [2.24, 2.45) is 0 Å². The minimum Gasteiger partial charge on any atom is -0.325 e. The summed E-state index contributed by atoms with van der Waals surface area (Å²) < 4.78 is 14.2. The number of hydrogen-bond acceptors (Lipinski definition) is 4. The molecule has 0 aromatic heterocycles. The van der Waals surface area contributed by atoms with Crippen LogP contribution in [0.4, 0.5) is 15.8 Å². The number of anilines is 1. The van der Waals surface area contributed by atoms with Crippen molar-refractivity contribution in [1.82, 2.24) is 4.90 Å². The molecule has 3 rings (SSSR count). The van der Waals surface area contributed by atoms with Gasteiger partial charge in [0.05, 0.1) is 10.5 Å². The van der Waals surface area contributed by atoms with Crippen molar-refractivity contribution in [2.45, 2.75) is 19.9 Å². The minimum atomic E-state index is -1.15. The maximum absolute atomic E-state index is 14.2. The summed E-state index contributed by atoms with van der Waals surface area (Å²) in [7, 11) is 1.39. The first-order valence-corrected chi connectivity index (χ1v) is 9.84. The molecule has 3 aromatic rings. The first-order valence-electron chi connectivity index (χ1n) is 9.84. The van der Waals surface area contributed by atoms with Gasteiger partial charge in [-0.2, -0.15) is 0 Å². The molecule has 0 heterocycles. The van der Waals surface area contributed by atoms with Gasteiger partial charge in [-0.05, 0) is 54.8 Å². The van der Waals surface area contributed by atoms with E-state index in [1.54, 1.807) is 0 Å². The van der Waals surface area contributed by atoms with Crippen LogP contribution in [0.5, 0.6) is 0 Å². The normalized spacial score (nSPS) is 11.5. The lowest BCUT2D eigenvalue weighted by Gasteiger charge is -2.28. The number of nitrogens with one attached hydrogen (secondary N) is 1. The van der Waals surface area contributed by atoms with E-state index >= 15 is 0 Å². The van der Waals surface area contributed by atoms with Crippen LogP contribution >= 0.6 is 0 Å². The third-order valence-electron chi connectivity index (χ3n) is 5.21. The number of rotatable bonds is 6. The SMILES string of the molecule is Cc1cccc(C)c1NC(=O)[C@H](c1ccc([N+](=O)[O-])cc1)N(C)C(=O)c1ccccc1F. The first kappa shape index (κ1) is 22.6. The van der Waals surface area contributed by atoms with Crippen molar-refractivity contribution in [3.8, 4) is 0 Å². The predicted molar refractivity (Wildman–Crippen MR) is 119 cm³/mol. The van der Waals surface area contributed by atoms with E-state index in [1.807, 2.05) is 32.0 Å². The van der Waals surface area contributed by atoms with Gasteiger partial charge in [-0.3, -0.25) is 19.7 Å². The van der Waals surface area contributed by atoms with Gasteiger partial charge in [0.1, 0.15) is 11.9 Å². The summed E-state index contributed by atoms with van der Waals surface area (Å²) in [5, 5.41) is 13.9. The summed E-state index contributed by atoms with van der Waals surface area (Å²) in [5.41, 5.74) is 2.31. The molecule has 7 nitrogen and oxygen atoms in total. The highest BCUT2D eigenvalue weighted by Gasteiger charge is 2.31. The van der Waals surface area contributed by atoms with Crippen LogP contribution in [0.15, 0.2) is 66.7 Å². The second-order valence-corrected chi connectivity index (χ2v) is 7.40. The molecule has 0 aliphatic carbocycles. The Morgan fingerprint density at radius 1 is 0.969 bits per heavy atom. The number of nitrogens with zero attached hydrogens (tertiary/aromatic N) is 2. The lowest BCUT2D eigenvalue weighted by Crippen LogP contribution is -2.39. The molecular weight excluding hydrogens is 413 g/mol. The lowest BCUT2D eigenvalue weighted by molar-refractivity contribution is -0.384. The van der Waals surface area contributed by atoms with Crippen molar-refractivity contribution in [2.75, 3.05) is 12.4 Å². The van der Waals surface area contributed by atoms with Crippen molar-refractivity contribution >= 4 is 23.2 Å². The van der Waals surface area contributed by atoms with Crippen molar-refractivity contribution in [3.63, 3.8) is 0 Å². The Morgan fingerprint density at radius 3 is 2.12 bits per heavy atom. The molecule has 0 aliphatic rings. The largest absolute Gasteiger partial charge is 0.325 e. The van der Waals surface area contributed by atoms with Gasteiger partial charge in [-0.1, -0.05) is 30.3 Å². The van der Waals surface area contributed by atoms with Crippen molar-refractivity contribution < 1.29 is 18.9 Å². The van der Waals surface area contributed by atoms with Crippen LogP contribution in [0, 0.1) is 29.8 Å². The molecule has 1 N–H and O–H groups in total. The second kappa shape index (κ2) is 9.38. The number of nitro groups is 1. The third kappa shape index (κ3) is 4.64. The molecule has 1 atom stereocenters. The van der Waals surface area contributed by atoms with Crippen molar-refractivity contribution in [3.05, 3.63) is 105 Å². The summed E-state index contributed by atoms with van der Waals surface area (Å²) in [5.74, 6) is -1.92. The number of hydrogen-bond donors (Lipinski definition) is 1. The monoisotopic (exact) mass is 435 g/mol. The van der Waals surface area contributed by atoms with E-state index < -0.39 is 28.6 Å². The zero-order valence-electron chi connectivity index (χ0n) is 17.8. The Morgan fingerprint density at radius 2 is 1.56 bits per heavy atom. The summed E-state index contributed by atoms with van der Waals surface area (Å²) in [6, 6.07) is 15.3. The van der Waals surface area contributed by atoms with Crippen LogP contribution < -0.4 is 5.32 Å². The highest BCUT2D eigenvalue weighted by Crippen LogP contribution is 2.28. The van der Waals surface area contributed by atoms with Gasteiger partial charge in [-0.25, -0.2) is 4.39 Å². The summed E-state index contributed by atoms with van der Waals surface area (Å²) in [4.78, 5) is 38.0. The zero-order chi connectivity index (χ0) is 23.4. The van der Waals surface area contributed by atoms with Gasteiger partial charge in [0.15, 0.2) is 0 Å². The number of amides is 2. The number of para-hydroxylation sites is 1. The molecule has 0 unspecified atom stereocenters. The molecule has 0 aliphatic heterocycles. The number of carbonyl (C=O) groups is 2. The third-order valence-corrected chi connectivity index (χ3v) is 5.21. The highest BCUT2D eigenvalue weighted by molar-refractivity contribution is 6.02. The molecule has 0 radical (unpaired) electrons. The van der Waals surface area contributed by atoms with E-state index in [-0.39, 0.29) is 11.3 Å². The number of halogens is 1. The standard InChI is InChI=1S/C24H22FN3O4/c1-15-7-6-8-16(2)21(15)26-23(29)22(17-11-13-18(14-12-17)28(31)32)27(3)24(30)19-9-4-5-10-20(19)25/h4-14,22H,1-3H3,(H,26,29)/t22-/m0/s1. The van der Waals surface area contributed by atoms with E-state index in [9.17, 15) is 24.1 Å². The van der Waals surface area contributed by atoms with E-state index in [0.29, 0.717) is 11.3 Å². The van der Waals surface area contributed by atoms with Crippen LogP contribution in [0.3, 0.4) is 0 Å². The number of non-ortho nitro benzene ring substituents is 1. The molecule has 0 spiro atoms. The predicted octanol–water partition coefficient (Wildman–Crippen LogP) is 4.80. The smallest absolute Gasteiger partial charge is 0.269 e. The average Bonchev–Trinajstić information content (AvgIpc) is 2.76. The van der Waals surface area contributed by atoms with Crippen LogP contribution in [0.2, 0.25) is 0 Å². The second-order valence-electron chi connectivity index (χ2n) is 7.40. The van der Waals surface area contributed by atoms with E-state index in [1.165, 1.54) is 55.6 Å². The number of carbonyl (C=O) groups excluding carboxylic acids is 2. The summed E-state index contributed by atoms with van der Waals surface area (Å²) in [6.07, 6.45) is 0. The first-order chi connectivity index (χ1) is 15.2. The molecule has 0 bridgehead atoms. The van der Waals surface area contributed by atoms with Crippen LogP contribution in [-0.2, 0) is 4.79 Å². The number of benzene rings is 3. The topological polar surface area (TPSA) is 92.5 Å². The van der Waals surface area contributed by atoms with Gasteiger partial charge < -0.3 is 10.2 Å². The number of likely N-dealkylation sites (N-methyl/N-ethyl adjacent to an activating group) is 1.